The molecule has 3 N–H and O–H groups in total. The first-order valence-electron chi connectivity index (χ1n) is 7.16. The highest BCUT2D eigenvalue weighted by Gasteiger charge is 2.20. The van der Waals surface area contributed by atoms with Crippen LogP contribution < -0.4 is 11.1 Å². The molecule has 1 aliphatic carbocycles. The van der Waals surface area contributed by atoms with Crippen LogP contribution in [-0.4, -0.2) is 28.3 Å². The molecule has 1 aromatic heterocycles. The molecule has 0 unspecified atom stereocenters. The summed E-state index contributed by atoms with van der Waals surface area (Å²) < 4.78 is 1.66. The van der Waals surface area contributed by atoms with E-state index in [0.29, 0.717) is 17.7 Å². The second kappa shape index (κ2) is 6.19. The number of aryl methyl sites for hydroxylation is 2. The Morgan fingerprint density at radius 1 is 1.47 bits per heavy atom. The Kier molecular flexibility index (Phi) is 4.58. The van der Waals surface area contributed by atoms with Gasteiger partial charge in [-0.05, 0) is 44.1 Å². The Morgan fingerprint density at radius 3 is 2.74 bits per heavy atom. The Balaban J connectivity index is 1.85. The number of nitrogens with zero attached hydrogens (tertiary/aromatic N) is 2. The molecule has 5 heteroatoms. The van der Waals surface area contributed by atoms with Crippen molar-refractivity contribution in [2.24, 2.45) is 18.7 Å². The predicted octanol–water partition coefficient (Wildman–Crippen LogP) is 1.23. The zero-order valence-corrected chi connectivity index (χ0v) is 11.9. The van der Waals surface area contributed by atoms with Crippen LogP contribution in [0.15, 0.2) is 6.07 Å². The van der Waals surface area contributed by atoms with Crippen LogP contribution in [0, 0.1) is 5.92 Å². The van der Waals surface area contributed by atoms with Crippen LogP contribution in [-0.2, 0) is 13.5 Å². The quantitative estimate of drug-likeness (QED) is 0.859. The van der Waals surface area contributed by atoms with Crippen LogP contribution in [0.3, 0.4) is 0 Å². The maximum Gasteiger partial charge on any atom is 0.269 e. The van der Waals surface area contributed by atoms with Gasteiger partial charge in [0.1, 0.15) is 5.69 Å². The summed E-state index contributed by atoms with van der Waals surface area (Å²) in [6.45, 7) is 2.79. The van der Waals surface area contributed by atoms with E-state index in [1.807, 2.05) is 20.0 Å². The van der Waals surface area contributed by atoms with Gasteiger partial charge in [-0.2, -0.15) is 5.10 Å². The van der Waals surface area contributed by atoms with Crippen LogP contribution in [0.2, 0.25) is 0 Å². The van der Waals surface area contributed by atoms with Gasteiger partial charge in [0.15, 0.2) is 0 Å². The van der Waals surface area contributed by atoms with Crippen LogP contribution in [0.25, 0.3) is 0 Å². The molecule has 2 rings (SSSR count). The zero-order valence-electron chi connectivity index (χ0n) is 11.9. The molecule has 1 fully saturated rings. The minimum Gasteiger partial charge on any atom is -0.350 e. The zero-order chi connectivity index (χ0) is 13.8. The number of amides is 1. The molecule has 1 aromatic rings. The van der Waals surface area contributed by atoms with Crippen molar-refractivity contribution in [2.75, 3.05) is 6.54 Å². The van der Waals surface area contributed by atoms with Gasteiger partial charge in [-0.3, -0.25) is 9.48 Å². The Morgan fingerprint density at radius 2 is 2.16 bits per heavy atom. The molecular weight excluding hydrogens is 240 g/mol. The molecule has 0 bridgehead atoms. The molecule has 0 atom stereocenters. The molecular formula is C14H24N4O. The van der Waals surface area contributed by atoms with Gasteiger partial charge >= 0.3 is 0 Å². The van der Waals surface area contributed by atoms with Crippen molar-refractivity contribution in [3.63, 3.8) is 0 Å². The lowest BCUT2D eigenvalue weighted by Gasteiger charge is -2.26. The second-order valence-corrected chi connectivity index (χ2v) is 5.49. The molecule has 5 nitrogen and oxygen atoms in total. The van der Waals surface area contributed by atoms with E-state index in [2.05, 4.69) is 10.4 Å². The summed E-state index contributed by atoms with van der Waals surface area (Å²) >= 11 is 0. The lowest BCUT2D eigenvalue weighted by Crippen LogP contribution is -2.34. The van der Waals surface area contributed by atoms with Crippen LogP contribution >= 0.6 is 0 Å². The van der Waals surface area contributed by atoms with Gasteiger partial charge in [-0.15, -0.1) is 0 Å². The van der Waals surface area contributed by atoms with E-state index in [-0.39, 0.29) is 5.91 Å². The summed E-state index contributed by atoms with van der Waals surface area (Å²) in [5.74, 6) is 0.548. The molecule has 1 heterocycles. The standard InChI is InChI=1S/C14H24N4O/c1-3-12-8-13(18(2)17-12)14(19)16-9-10-4-6-11(15)7-5-10/h8,10-11H,3-7,9,15H2,1-2H3,(H,16,19). The highest BCUT2D eigenvalue weighted by Crippen LogP contribution is 2.22. The van der Waals surface area contributed by atoms with Crippen molar-refractivity contribution in [3.05, 3.63) is 17.5 Å². The monoisotopic (exact) mass is 264 g/mol. The topological polar surface area (TPSA) is 72.9 Å². The first-order valence-corrected chi connectivity index (χ1v) is 7.16. The summed E-state index contributed by atoms with van der Waals surface area (Å²) in [6, 6.07) is 2.22. The van der Waals surface area contributed by atoms with Gasteiger partial charge in [0.25, 0.3) is 5.91 Å². The van der Waals surface area contributed by atoms with Crippen molar-refractivity contribution in [1.82, 2.24) is 15.1 Å². The van der Waals surface area contributed by atoms with Crippen LogP contribution in [0.5, 0.6) is 0 Å². The predicted molar refractivity (Wildman–Crippen MR) is 74.9 cm³/mol. The van der Waals surface area contributed by atoms with Gasteiger partial charge in [-0.1, -0.05) is 6.92 Å². The lowest BCUT2D eigenvalue weighted by atomic mass is 9.86. The van der Waals surface area contributed by atoms with Crippen molar-refractivity contribution in [1.29, 1.82) is 0 Å². The normalized spacial score (nSPS) is 23.3. The highest BCUT2D eigenvalue weighted by molar-refractivity contribution is 5.92. The first-order chi connectivity index (χ1) is 9.10. The molecule has 1 saturated carbocycles. The fourth-order valence-electron chi connectivity index (χ4n) is 2.63. The Hall–Kier alpha value is -1.36. The fourth-order valence-corrected chi connectivity index (χ4v) is 2.63. The Bertz CT molecular complexity index is 433. The molecule has 1 aliphatic rings. The van der Waals surface area contributed by atoms with E-state index < -0.39 is 0 Å². The van der Waals surface area contributed by atoms with E-state index in [9.17, 15) is 4.79 Å². The lowest BCUT2D eigenvalue weighted by molar-refractivity contribution is 0.0933. The largest absolute Gasteiger partial charge is 0.350 e. The average molecular weight is 264 g/mol. The van der Waals surface area contributed by atoms with Gasteiger partial charge in [0.2, 0.25) is 0 Å². The second-order valence-electron chi connectivity index (χ2n) is 5.49. The van der Waals surface area contributed by atoms with E-state index in [1.165, 1.54) is 0 Å². The van der Waals surface area contributed by atoms with Gasteiger partial charge in [0.05, 0.1) is 5.69 Å². The number of aromatic nitrogens is 2. The number of nitrogens with two attached hydrogens (primary N) is 1. The molecule has 106 valence electrons. The molecule has 0 aromatic carbocycles. The molecule has 0 aliphatic heterocycles. The first kappa shape index (κ1) is 14.1. The maximum absolute atomic E-state index is 12.1. The van der Waals surface area contributed by atoms with E-state index in [4.69, 9.17) is 5.73 Å². The number of rotatable bonds is 4. The van der Waals surface area contributed by atoms with Crippen molar-refractivity contribution in [2.45, 2.75) is 45.1 Å². The number of carbonyl (C=O) groups is 1. The SMILES string of the molecule is CCc1cc(C(=O)NCC2CCC(N)CC2)n(C)n1. The van der Waals surface area contributed by atoms with Gasteiger partial charge < -0.3 is 11.1 Å². The van der Waals surface area contributed by atoms with Crippen LogP contribution in [0.1, 0.15) is 48.8 Å². The van der Waals surface area contributed by atoms with Gasteiger partial charge in [-0.25, -0.2) is 0 Å². The Labute approximate surface area is 114 Å². The summed E-state index contributed by atoms with van der Waals surface area (Å²) in [6.07, 6.45) is 5.24. The van der Waals surface area contributed by atoms with Crippen molar-refractivity contribution in [3.8, 4) is 0 Å². The molecule has 0 radical (unpaired) electrons. The third kappa shape index (κ3) is 3.56. The molecule has 0 saturated heterocycles. The minimum atomic E-state index is -0.0235. The van der Waals surface area contributed by atoms with Gasteiger partial charge in [0, 0.05) is 19.6 Å². The van der Waals surface area contributed by atoms with E-state index in [1.54, 1.807) is 4.68 Å². The maximum atomic E-state index is 12.1. The average Bonchev–Trinajstić information content (AvgIpc) is 2.79. The van der Waals surface area contributed by atoms with Crippen molar-refractivity contribution < 1.29 is 4.79 Å². The highest BCUT2D eigenvalue weighted by atomic mass is 16.2. The smallest absolute Gasteiger partial charge is 0.269 e. The number of nitrogens with one attached hydrogen (secondary N) is 1. The summed E-state index contributed by atoms with van der Waals surface area (Å²) in [7, 11) is 1.81. The van der Waals surface area contributed by atoms with Crippen LogP contribution in [0.4, 0.5) is 0 Å². The number of hydrogen-bond donors (Lipinski definition) is 2. The van der Waals surface area contributed by atoms with E-state index in [0.717, 1.165) is 44.3 Å². The molecule has 1 amide bonds. The third-order valence-corrected chi connectivity index (χ3v) is 3.97. The summed E-state index contributed by atoms with van der Waals surface area (Å²) in [5.41, 5.74) is 7.48. The number of hydrogen-bond acceptors (Lipinski definition) is 3. The minimum absolute atomic E-state index is 0.0235. The fraction of sp³-hybridized carbons (Fsp3) is 0.714. The van der Waals surface area contributed by atoms with Crippen molar-refractivity contribution >= 4 is 5.91 Å². The molecule has 19 heavy (non-hydrogen) atoms. The number of carbonyl (C=O) groups excluding carboxylic acids is 1. The van der Waals surface area contributed by atoms with E-state index >= 15 is 0 Å². The molecule has 0 spiro atoms. The summed E-state index contributed by atoms with van der Waals surface area (Å²) in [5, 5.41) is 7.32. The third-order valence-electron chi connectivity index (χ3n) is 3.97. The summed E-state index contributed by atoms with van der Waals surface area (Å²) in [4.78, 5) is 12.1.